The van der Waals surface area contributed by atoms with Crippen molar-refractivity contribution in [1.29, 1.82) is 0 Å². The summed E-state index contributed by atoms with van der Waals surface area (Å²) in [5, 5.41) is 12.6. The smallest absolute Gasteiger partial charge is 0.303 e. The Morgan fingerprint density at radius 1 is 1.06 bits per heavy atom. The molecular weight excluding hydrogens is 460 g/mol. The summed E-state index contributed by atoms with van der Waals surface area (Å²) < 4.78 is 17.2. The summed E-state index contributed by atoms with van der Waals surface area (Å²) in [7, 11) is 0. The minimum atomic E-state index is -0.834. The van der Waals surface area contributed by atoms with E-state index in [2.05, 4.69) is 10.3 Å². The zero-order valence-corrected chi connectivity index (χ0v) is 19.4. The van der Waals surface area contributed by atoms with E-state index in [4.69, 9.17) is 30.9 Å². The first-order chi connectivity index (χ1) is 16.5. The van der Waals surface area contributed by atoms with Gasteiger partial charge in [-0.05, 0) is 41.7 Å². The van der Waals surface area contributed by atoms with Crippen molar-refractivity contribution in [3.63, 3.8) is 0 Å². The second-order valence-electron chi connectivity index (χ2n) is 8.24. The molecule has 0 aromatic heterocycles. The van der Waals surface area contributed by atoms with E-state index in [0.29, 0.717) is 36.7 Å². The second kappa shape index (κ2) is 11.5. The summed E-state index contributed by atoms with van der Waals surface area (Å²) in [5.74, 6) is -0.666. The number of aliphatic carboxylic acids is 1. The molecular formula is C25H27ClN2O6. The normalized spacial score (nSPS) is 21.7. The molecule has 34 heavy (non-hydrogen) atoms. The van der Waals surface area contributed by atoms with Crippen LogP contribution in [-0.2, 0) is 43.1 Å². The Balaban J connectivity index is 1.32. The van der Waals surface area contributed by atoms with Crippen LogP contribution in [0.2, 0.25) is 5.02 Å². The van der Waals surface area contributed by atoms with Gasteiger partial charge in [-0.15, -0.1) is 0 Å². The van der Waals surface area contributed by atoms with Crippen molar-refractivity contribution >= 4 is 29.4 Å². The van der Waals surface area contributed by atoms with Crippen LogP contribution in [0.15, 0.2) is 53.5 Å². The number of carboxylic acids is 1. The van der Waals surface area contributed by atoms with Crippen molar-refractivity contribution in [3.8, 4) is 0 Å². The lowest BCUT2D eigenvalue weighted by Crippen LogP contribution is -2.35. The fourth-order valence-corrected chi connectivity index (χ4v) is 4.16. The summed E-state index contributed by atoms with van der Waals surface area (Å²) in [4.78, 5) is 28.0. The lowest BCUT2D eigenvalue weighted by Gasteiger charge is -2.18. The molecule has 1 fully saturated rings. The zero-order chi connectivity index (χ0) is 23.9. The van der Waals surface area contributed by atoms with E-state index in [9.17, 15) is 9.59 Å². The summed E-state index contributed by atoms with van der Waals surface area (Å²) >= 11 is 5.90. The monoisotopic (exact) mass is 486 g/mol. The first kappa shape index (κ1) is 24.2. The van der Waals surface area contributed by atoms with Crippen LogP contribution in [0.4, 0.5) is 0 Å². The van der Waals surface area contributed by atoms with Crippen LogP contribution in [0, 0.1) is 0 Å². The molecule has 2 aromatic rings. The number of halogens is 1. The number of aliphatic imine (C=N–C) groups is 1. The number of carbonyl (C=O) groups is 2. The Morgan fingerprint density at radius 2 is 1.82 bits per heavy atom. The SMILES string of the molecule is O=C(O)CCc1ccccc1C[C@@H]1OCO[C@H]1C1=NC(C(=O)NCCc2ccc(Cl)cc2)CO1. The highest BCUT2D eigenvalue weighted by Gasteiger charge is 2.39. The Morgan fingerprint density at radius 3 is 2.59 bits per heavy atom. The van der Waals surface area contributed by atoms with Crippen molar-refractivity contribution in [2.75, 3.05) is 19.9 Å². The average molecular weight is 487 g/mol. The van der Waals surface area contributed by atoms with E-state index in [1.165, 1.54) is 0 Å². The van der Waals surface area contributed by atoms with Gasteiger partial charge in [0.25, 0.3) is 0 Å². The Bertz CT molecular complexity index is 1040. The lowest BCUT2D eigenvalue weighted by molar-refractivity contribution is -0.137. The number of hydrogen-bond acceptors (Lipinski definition) is 6. The van der Waals surface area contributed by atoms with Crippen LogP contribution >= 0.6 is 11.6 Å². The summed E-state index contributed by atoms with van der Waals surface area (Å²) in [6.45, 7) is 0.747. The molecule has 1 saturated heterocycles. The number of carbonyl (C=O) groups excluding carboxylic acids is 1. The van der Waals surface area contributed by atoms with E-state index >= 15 is 0 Å². The van der Waals surface area contributed by atoms with E-state index in [1.54, 1.807) is 0 Å². The maximum Gasteiger partial charge on any atom is 0.303 e. The van der Waals surface area contributed by atoms with Crippen molar-refractivity contribution in [2.24, 2.45) is 4.99 Å². The number of rotatable bonds is 10. The highest BCUT2D eigenvalue weighted by molar-refractivity contribution is 6.30. The van der Waals surface area contributed by atoms with Gasteiger partial charge in [-0.1, -0.05) is 48.0 Å². The highest BCUT2D eigenvalue weighted by atomic mass is 35.5. The van der Waals surface area contributed by atoms with Crippen molar-refractivity contribution in [3.05, 3.63) is 70.2 Å². The van der Waals surface area contributed by atoms with Gasteiger partial charge in [0, 0.05) is 24.4 Å². The van der Waals surface area contributed by atoms with Gasteiger partial charge in [0.05, 0.1) is 6.10 Å². The van der Waals surface area contributed by atoms with Gasteiger partial charge in [-0.25, -0.2) is 4.99 Å². The van der Waals surface area contributed by atoms with Gasteiger partial charge in [0.15, 0.2) is 12.1 Å². The first-order valence-electron chi connectivity index (χ1n) is 11.2. The molecule has 2 heterocycles. The van der Waals surface area contributed by atoms with Gasteiger partial charge >= 0.3 is 5.97 Å². The molecule has 0 bridgehead atoms. The number of hydrogen-bond donors (Lipinski definition) is 2. The van der Waals surface area contributed by atoms with Gasteiger partial charge in [-0.2, -0.15) is 0 Å². The van der Waals surface area contributed by atoms with Crippen LogP contribution in [-0.4, -0.2) is 61.1 Å². The summed E-state index contributed by atoms with van der Waals surface area (Å²) in [6, 6.07) is 14.6. The highest BCUT2D eigenvalue weighted by Crippen LogP contribution is 2.24. The minimum Gasteiger partial charge on any atom is -0.481 e. The zero-order valence-electron chi connectivity index (χ0n) is 18.6. The van der Waals surface area contributed by atoms with Crippen LogP contribution in [0.5, 0.6) is 0 Å². The van der Waals surface area contributed by atoms with Crippen molar-refractivity contribution in [1.82, 2.24) is 5.32 Å². The molecule has 1 amide bonds. The Hall–Kier alpha value is -2.94. The molecule has 2 aromatic carbocycles. The molecule has 2 N–H and O–H groups in total. The van der Waals surface area contributed by atoms with Gasteiger partial charge < -0.3 is 24.6 Å². The molecule has 0 radical (unpaired) electrons. The molecule has 1 unspecified atom stereocenters. The third-order valence-electron chi connectivity index (χ3n) is 5.86. The molecule has 3 atom stereocenters. The van der Waals surface area contributed by atoms with E-state index in [-0.39, 0.29) is 31.8 Å². The third kappa shape index (κ3) is 6.34. The molecule has 4 rings (SSSR count). The predicted molar refractivity (Wildman–Crippen MR) is 126 cm³/mol. The Kier molecular flexibility index (Phi) is 8.16. The Labute approximate surface area is 202 Å². The third-order valence-corrected chi connectivity index (χ3v) is 6.11. The number of amides is 1. The predicted octanol–water partition coefficient (Wildman–Crippen LogP) is 2.80. The number of nitrogens with one attached hydrogen (secondary N) is 1. The molecule has 2 aliphatic heterocycles. The van der Waals surface area contributed by atoms with E-state index in [1.807, 2.05) is 48.5 Å². The first-order valence-corrected chi connectivity index (χ1v) is 11.6. The average Bonchev–Trinajstić information content (AvgIpc) is 3.49. The largest absolute Gasteiger partial charge is 0.481 e. The topological polar surface area (TPSA) is 106 Å². The molecule has 9 heteroatoms. The molecule has 2 aliphatic rings. The number of ether oxygens (including phenoxy) is 3. The molecule has 0 spiro atoms. The maximum absolute atomic E-state index is 12.6. The van der Waals surface area contributed by atoms with Crippen LogP contribution in [0.3, 0.4) is 0 Å². The van der Waals surface area contributed by atoms with Gasteiger partial charge in [-0.3, -0.25) is 9.59 Å². The van der Waals surface area contributed by atoms with Gasteiger partial charge in [0.1, 0.15) is 13.4 Å². The van der Waals surface area contributed by atoms with Crippen LogP contribution in [0.1, 0.15) is 23.1 Å². The summed E-state index contributed by atoms with van der Waals surface area (Å²) in [6.07, 6.45) is 0.874. The summed E-state index contributed by atoms with van der Waals surface area (Å²) in [5.41, 5.74) is 3.05. The molecule has 8 nitrogen and oxygen atoms in total. The van der Waals surface area contributed by atoms with Crippen molar-refractivity contribution in [2.45, 2.75) is 43.9 Å². The standard InChI is InChI=1S/C25H27ClN2O6/c26-19-8-5-16(6-9-19)11-12-27-24(31)20-14-32-25(28-20)23-21(33-15-34-23)13-18-4-2-1-3-17(18)7-10-22(29)30/h1-6,8-9,20-21,23H,7,10-15H2,(H,27,31)(H,29,30)/t20?,21-,23+/m0/s1. The number of benzene rings is 2. The van der Waals surface area contributed by atoms with Gasteiger partial charge in [0.2, 0.25) is 11.8 Å². The van der Waals surface area contributed by atoms with Crippen molar-refractivity contribution < 1.29 is 28.9 Å². The molecule has 0 saturated carbocycles. The van der Waals surface area contributed by atoms with Crippen LogP contribution < -0.4 is 5.32 Å². The molecule has 0 aliphatic carbocycles. The number of carboxylic acid groups (broad SMARTS) is 1. The maximum atomic E-state index is 12.6. The van der Waals surface area contributed by atoms with E-state index in [0.717, 1.165) is 16.7 Å². The minimum absolute atomic E-state index is 0.0626. The van der Waals surface area contributed by atoms with Crippen LogP contribution in [0.25, 0.3) is 0 Å². The number of nitrogens with zero attached hydrogens (tertiary/aromatic N) is 1. The molecule has 180 valence electrons. The fraction of sp³-hybridized carbons (Fsp3) is 0.400. The second-order valence-corrected chi connectivity index (χ2v) is 8.67. The number of aryl methyl sites for hydroxylation is 1. The quantitative estimate of drug-likeness (QED) is 0.535. The van der Waals surface area contributed by atoms with E-state index < -0.39 is 18.1 Å². The lowest BCUT2D eigenvalue weighted by atomic mass is 9.96. The fourth-order valence-electron chi connectivity index (χ4n) is 4.03.